The van der Waals surface area contributed by atoms with Crippen LogP contribution >= 0.6 is 0 Å². The Balaban J connectivity index is 2.91. The Bertz CT molecular complexity index is 694. The van der Waals surface area contributed by atoms with E-state index in [1.807, 2.05) is 0 Å². The second-order valence-corrected chi connectivity index (χ2v) is 8.20. The first-order valence-electron chi connectivity index (χ1n) is 5.41. The largest absolute Gasteiger partial charge is 0.477 e. The van der Waals surface area contributed by atoms with E-state index in [0.717, 1.165) is 24.6 Å². The lowest BCUT2D eigenvalue weighted by molar-refractivity contribution is 0.0690. The van der Waals surface area contributed by atoms with Crippen LogP contribution in [0.3, 0.4) is 0 Å². The van der Waals surface area contributed by atoms with E-state index in [-0.39, 0.29) is 16.3 Å². The predicted molar refractivity (Wildman–Crippen MR) is 70.7 cm³/mol. The molecule has 0 aliphatic rings. The Labute approximate surface area is 116 Å². The summed E-state index contributed by atoms with van der Waals surface area (Å²) in [5, 5.41) is 8.66. The highest BCUT2D eigenvalue weighted by molar-refractivity contribution is 7.91. The predicted octanol–water partition coefficient (Wildman–Crippen LogP) is -0.509. The monoisotopic (exact) mass is 322 g/mol. The summed E-state index contributed by atoms with van der Waals surface area (Å²) in [4.78, 5) is 13.9. The van der Waals surface area contributed by atoms with Crippen molar-refractivity contribution < 1.29 is 26.7 Å². The zero-order chi connectivity index (χ0) is 15.6. The lowest BCUT2D eigenvalue weighted by Gasteiger charge is -2.13. The molecule has 20 heavy (non-hydrogen) atoms. The first-order chi connectivity index (χ1) is 9.01. The molecule has 1 aromatic heterocycles. The van der Waals surface area contributed by atoms with Crippen molar-refractivity contribution in [3.8, 4) is 0 Å². The second kappa shape index (κ2) is 5.85. The van der Waals surface area contributed by atoms with Crippen molar-refractivity contribution in [3.63, 3.8) is 0 Å². The second-order valence-electron chi connectivity index (χ2n) is 4.30. The Hall–Kier alpha value is -1.52. The summed E-state index contributed by atoms with van der Waals surface area (Å²) < 4.78 is 48.2. The van der Waals surface area contributed by atoms with Gasteiger partial charge in [0.2, 0.25) is 10.0 Å². The summed E-state index contributed by atoms with van der Waals surface area (Å²) in [6, 6.07) is 1.33. The molecule has 0 saturated carbocycles. The average molecular weight is 322 g/mol. The number of carbonyl (C=O) groups is 1. The van der Waals surface area contributed by atoms with E-state index >= 15 is 0 Å². The van der Waals surface area contributed by atoms with Crippen molar-refractivity contribution in [2.45, 2.75) is 17.9 Å². The highest BCUT2D eigenvalue weighted by Gasteiger charge is 2.20. The molecule has 10 heteroatoms. The highest BCUT2D eigenvalue weighted by Crippen LogP contribution is 2.09. The molecule has 0 radical (unpaired) electrons. The zero-order valence-electron chi connectivity index (χ0n) is 10.8. The zero-order valence-corrected chi connectivity index (χ0v) is 12.4. The van der Waals surface area contributed by atoms with Gasteiger partial charge in [-0.25, -0.2) is 31.3 Å². The van der Waals surface area contributed by atoms with Crippen LogP contribution in [0.1, 0.15) is 17.4 Å². The van der Waals surface area contributed by atoms with Crippen LogP contribution in [0.4, 0.5) is 0 Å². The maximum Gasteiger partial charge on any atom is 0.354 e. The molecule has 8 nitrogen and oxygen atoms in total. The van der Waals surface area contributed by atoms with Crippen LogP contribution in [-0.4, -0.2) is 50.9 Å². The van der Waals surface area contributed by atoms with Gasteiger partial charge < -0.3 is 5.11 Å². The Morgan fingerprint density at radius 1 is 1.35 bits per heavy atom. The van der Waals surface area contributed by atoms with Gasteiger partial charge in [-0.1, -0.05) is 0 Å². The topological polar surface area (TPSA) is 130 Å². The molecule has 0 aromatic carbocycles. The standard InChI is InChI=1S/C10H14N2O6S2/c1-7(6-19(2,15)16)12-20(17,18)8-3-4-9(10(13)14)11-5-8/h3-5,7,12H,6H2,1-2H3,(H,13,14). The van der Waals surface area contributed by atoms with E-state index in [4.69, 9.17) is 5.11 Å². The fourth-order valence-corrected chi connectivity index (χ4v) is 3.77. The molecule has 1 rings (SSSR count). The van der Waals surface area contributed by atoms with Crippen LogP contribution in [-0.2, 0) is 19.9 Å². The fraction of sp³-hybridized carbons (Fsp3) is 0.400. The summed E-state index contributed by atoms with van der Waals surface area (Å²) in [5.41, 5.74) is -0.284. The number of aromatic carboxylic acids is 1. The summed E-state index contributed by atoms with van der Waals surface area (Å²) in [6.45, 7) is 1.41. The number of pyridine rings is 1. The van der Waals surface area contributed by atoms with Gasteiger partial charge in [-0.3, -0.25) is 0 Å². The van der Waals surface area contributed by atoms with Crippen LogP contribution < -0.4 is 4.72 Å². The molecule has 0 aliphatic carbocycles. The molecule has 112 valence electrons. The molecule has 0 amide bonds. The van der Waals surface area contributed by atoms with E-state index in [0.29, 0.717) is 0 Å². The molecule has 0 spiro atoms. The van der Waals surface area contributed by atoms with Gasteiger partial charge in [-0.2, -0.15) is 0 Å². The van der Waals surface area contributed by atoms with Gasteiger partial charge in [0.25, 0.3) is 0 Å². The molecule has 0 saturated heterocycles. The van der Waals surface area contributed by atoms with Crippen LogP contribution in [0.2, 0.25) is 0 Å². The molecule has 0 bridgehead atoms. The molecule has 2 N–H and O–H groups in total. The quantitative estimate of drug-likeness (QED) is 0.721. The minimum atomic E-state index is -3.94. The van der Waals surface area contributed by atoms with Gasteiger partial charge in [0, 0.05) is 18.5 Å². The Kier molecular flexibility index (Phi) is 4.84. The number of sulfonamides is 1. The van der Waals surface area contributed by atoms with Crippen molar-refractivity contribution in [1.29, 1.82) is 0 Å². The number of carboxylic acid groups (broad SMARTS) is 1. The SMILES string of the molecule is CC(CS(C)(=O)=O)NS(=O)(=O)c1ccc(C(=O)O)nc1. The third-order valence-electron chi connectivity index (χ3n) is 2.17. The van der Waals surface area contributed by atoms with Gasteiger partial charge in [-0.15, -0.1) is 0 Å². The summed E-state index contributed by atoms with van der Waals surface area (Å²) in [7, 11) is -7.26. The molecular weight excluding hydrogens is 308 g/mol. The number of nitrogens with one attached hydrogen (secondary N) is 1. The molecular formula is C10H14N2O6S2. The van der Waals surface area contributed by atoms with Crippen molar-refractivity contribution >= 4 is 25.8 Å². The van der Waals surface area contributed by atoms with E-state index in [1.165, 1.54) is 6.92 Å². The molecule has 1 heterocycles. The van der Waals surface area contributed by atoms with Gasteiger partial charge in [0.05, 0.1) is 5.75 Å². The third-order valence-corrected chi connectivity index (χ3v) is 4.86. The minimum absolute atomic E-state index is 0.233. The van der Waals surface area contributed by atoms with Crippen molar-refractivity contribution in [3.05, 3.63) is 24.0 Å². The average Bonchev–Trinajstić information content (AvgIpc) is 2.25. The van der Waals surface area contributed by atoms with E-state index in [1.54, 1.807) is 0 Å². The molecule has 1 aromatic rings. The van der Waals surface area contributed by atoms with E-state index in [2.05, 4.69) is 9.71 Å². The summed E-state index contributed by atoms with van der Waals surface area (Å²) in [5.74, 6) is -1.61. The van der Waals surface area contributed by atoms with Gasteiger partial charge >= 0.3 is 5.97 Å². The molecule has 1 unspecified atom stereocenters. The number of nitrogens with zero attached hydrogens (tertiary/aromatic N) is 1. The smallest absolute Gasteiger partial charge is 0.354 e. The summed E-state index contributed by atoms with van der Waals surface area (Å²) >= 11 is 0. The number of hydrogen-bond donors (Lipinski definition) is 2. The van der Waals surface area contributed by atoms with Gasteiger partial charge in [0.1, 0.15) is 20.4 Å². The van der Waals surface area contributed by atoms with Crippen molar-refractivity contribution in [1.82, 2.24) is 9.71 Å². The van der Waals surface area contributed by atoms with Crippen LogP contribution in [0, 0.1) is 0 Å². The Morgan fingerprint density at radius 2 is 1.95 bits per heavy atom. The normalized spacial score (nSPS) is 13.9. The summed E-state index contributed by atoms with van der Waals surface area (Å²) in [6.07, 6.45) is 1.90. The maximum atomic E-state index is 11.9. The minimum Gasteiger partial charge on any atom is -0.477 e. The lowest BCUT2D eigenvalue weighted by atomic mass is 10.4. The number of rotatable bonds is 6. The van der Waals surface area contributed by atoms with Crippen LogP contribution in [0.5, 0.6) is 0 Å². The first kappa shape index (κ1) is 16.5. The van der Waals surface area contributed by atoms with Gasteiger partial charge in [0.15, 0.2) is 0 Å². The Morgan fingerprint density at radius 3 is 2.35 bits per heavy atom. The first-order valence-corrected chi connectivity index (χ1v) is 8.95. The van der Waals surface area contributed by atoms with Crippen molar-refractivity contribution in [2.75, 3.05) is 12.0 Å². The fourth-order valence-electron chi connectivity index (χ4n) is 1.49. The van der Waals surface area contributed by atoms with Crippen LogP contribution in [0.25, 0.3) is 0 Å². The van der Waals surface area contributed by atoms with Gasteiger partial charge in [-0.05, 0) is 19.1 Å². The molecule has 0 fully saturated rings. The number of sulfone groups is 1. The third kappa shape index (κ3) is 4.87. The van der Waals surface area contributed by atoms with Crippen molar-refractivity contribution in [2.24, 2.45) is 0 Å². The number of aromatic nitrogens is 1. The van der Waals surface area contributed by atoms with Crippen LogP contribution in [0.15, 0.2) is 23.2 Å². The molecule has 1 atom stereocenters. The number of carboxylic acids is 1. The van der Waals surface area contributed by atoms with E-state index < -0.39 is 31.9 Å². The maximum absolute atomic E-state index is 11.9. The molecule has 0 aliphatic heterocycles. The van der Waals surface area contributed by atoms with E-state index in [9.17, 15) is 21.6 Å². The highest BCUT2D eigenvalue weighted by atomic mass is 32.2. The lowest BCUT2D eigenvalue weighted by Crippen LogP contribution is -2.37. The number of hydrogen-bond acceptors (Lipinski definition) is 6.